The lowest BCUT2D eigenvalue weighted by Gasteiger charge is -2.60. The standard InChI is InChI=1S/C33H43N3O7/c1-31-10-8-20(13-19(31)4-6-22-24-9-11-33(3,42)32(24,2)15-27(38)29(22)31)36-43-17-28(39)35-26(30(40)41)12-18-16-34-25-7-5-21(37)14-23(18)25/h5,7,13-14,16,22,24,26-27,29,34,37-38,42H,4,6,8-12,15,17H2,1-3H3,(H,35,39)(H,40,41)/b36-20-/t22-,24+,26+,27+,29+,31-,32-,33-/m0/s1. The predicted molar refractivity (Wildman–Crippen MR) is 160 cm³/mol. The van der Waals surface area contributed by atoms with Crippen molar-refractivity contribution in [2.24, 2.45) is 33.7 Å². The molecular formula is C33H43N3O7. The second-order valence-corrected chi connectivity index (χ2v) is 14.0. The maximum absolute atomic E-state index is 12.6. The van der Waals surface area contributed by atoms with Crippen LogP contribution >= 0.6 is 0 Å². The third-order valence-corrected chi connectivity index (χ3v) is 11.7. The van der Waals surface area contributed by atoms with Gasteiger partial charge in [-0.2, -0.15) is 0 Å². The quantitative estimate of drug-likeness (QED) is 0.264. The number of phenolic OH excluding ortho intramolecular Hbond substituents is 1. The van der Waals surface area contributed by atoms with Gasteiger partial charge in [0.25, 0.3) is 5.91 Å². The van der Waals surface area contributed by atoms with E-state index in [1.165, 1.54) is 5.57 Å². The van der Waals surface area contributed by atoms with Crippen LogP contribution in [0.1, 0.15) is 71.3 Å². The number of phenols is 1. The van der Waals surface area contributed by atoms with Crippen molar-refractivity contribution in [3.05, 3.63) is 41.6 Å². The van der Waals surface area contributed by atoms with Crippen molar-refractivity contribution in [1.82, 2.24) is 10.3 Å². The van der Waals surface area contributed by atoms with Gasteiger partial charge in [-0.1, -0.05) is 24.6 Å². The molecule has 3 saturated carbocycles. The third-order valence-electron chi connectivity index (χ3n) is 11.7. The number of nitrogens with zero attached hydrogens (tertiary/aromatic N) is 1. The summed E-state index contributed by atoms with van der Waals surface area (Å²) < 4.78 is 0. The van der Waals surface area contributed by atoms with Crippen LogP contribution in [0.15, 0.2) is 41.2 Å². The first kappa shape index (κ1) is 29.7. The van der Waals surface area contributed by atoms with Crippen molar-refractivity contribution >= 4 is 28.5 Å². The number of aromatic nitrogens is 1. The number of aliphatic hydroxyl groups excluding tert-OH is 1. The number of allylic oxidation sites excluding steroid dienone is 2. The van der Waals surface area contributed by atoms with Crippen molar-refractivity contribution in [3.63, 3.8) is 0 Å². The molecule has 3 fully saturated rings. The summed E-state index contributed by atoms with van der Waals surface area (Å²) >= 11 is 0. The number of H-pyrrole nitrogens is 1. The number of amides is 1. The number of nitrogens with one attached hydrogen (secondary N) is 2. The van der Waals surface area contributed by atoms with E-state index >= 15 is 0 Å². The highest BCUT2D eigenvalue weighted by Crippen LogP contribution is 2.67. The van der Waals surface area contributed by atoms with Crippen LogP contribution in [-0.4, -0.2) is 67.4 Å². The van der Waals surface area contributed by atoms with Gasteiger partial charge in [-0.25, -0.2) is 4.79 Å². The van der Waals surface area contributed by atoms with Crippen molar-refractivity contribution in [2.75, 3.05) is 6.61 Å². The molecule has 1 amide bonds. The first-order valence-corrected chi connectivity index (χ1v) is 15.4. The topological polar surface area (TPSA) is 164 Å². The summed E-state index contributed by atoms with van der Waals surface area (Å²) in [6.45, 7) is 5.97. The normalized spacial score (nSPS) is 36.8. The van der Waals surface area contributed by atoms with E-state index in [0.29, 0.717) is 35.6 Å². The number of carbonyl (C=O) groups excluding carboxylic acids is 1. The summed E-state index contributed by atoms with van der Waals surface area (Å²) in [6, 6.07) is 3.63. The van der Waals surface area contributed by atoms with Gasteiger partial charge >= 0.3 is 5.97 Å². The lowest BCUT2D eigenvalue weighted by molar-refractivity contribution is -0.164. The Balaban J connectivity index is 1.09. The van der Waals surface area contributed by atoms with Gasteiger partial charge in [0.1, 0.15) is 11.8 Å². The monoisotopic (exact) mass is 593 g/mol. The fraction of sp³-hybridized carbons (Fsp3) is 0.606. The average Bonchev–Trinajstić information content (AvgIpc) is 3.44. The average molecular weight is 594 g/mol. The lowest BCUT2D eigenvalue weighted by Crippen LogP contribution is -2.59. The SMILES string of the molecule is C[C@]12CC/C(=N/OCC(=O)N[C@H](Cc3c[nH]c4ccc(O)cc34)C(=O)O)C=C1CC[C@@H]1[C@@H]2[C@H](O)C[C@@]2(C)[C@@H]1CC[C@]2(C)O. The molecule has 1 aromatic heterocycles. The van der Waals surface area contributed by atoms with E-state index in [9.17, 15) is 30.0 Å². The zero-order valence-electron chi connectivity index (χ0n) is 25.1. The number of aromatic amines is 1. The van der Waals surface area contributed by atoms with E-state index in [0.717, 1.165) is 43.3 Å². The molecule has 232 valence electrons. The summed E-state index contributed by atoms with van der Waals surface area (Å²) in [6.07, 6.45) is 9.07. The first-order valence-electron chi connectivity index (χ1n) is 15.4. The Morgan fingerprint density at radius 3 is 2.74 bits per heavy atom. The van der Waals surface area contributed by atoms with Crippen LogP contribution in [0, 0.1) is 28.6 Å². The Bertz CT molecular complexity index is 1490. The summed E-state index contributed by atoms with van der Waals surface area (Å²) in [5, 5.41) is 49.6. The van der Waals surface area contributed by atoms with Crippen LogP contribution in [0.3, 0.4) is 0 Å². The molecule has 0 aliphatic heterocycles. The highest BCUT2D eigenvalue weighted by molar-refractivity contribution is 5.96. The second-order valence-electron chi connectivity index (χ2n) is 14.0. The number of hydrogen-bond donors (Lipinski definition) is 6. The number of carbonyl (C=O) groups is 2. The molecule has 10 heteroatoms. The maximum Gasteiger partial charge on any atom is 0.326 e. The van der Waals surface area contributed by atoms with Crippen LogP contribution in [0.25, 0.3) is 10.9 Å². The molecule has 4 aliphatic carbocycles. The molecule has 10 nitrogen and oxygen atoms in total. The molecule has 0 spiro atoms. The molecule has 0 bridgehead atoms. The van der Waals surface area contributed by atoms with Crippen LogP contribution < -0.4 is 5.32 Å². The second kappa shape index (κ2) is 10.7. The van der Waals surface area contributed by atoms with E-state index in [1.54, 1.807) is 24.4 Å². The number of aromatic hydroxyl groups is 1. The molecule has 0 saturated heterocycles. The zero-order valence-corrected chi connectivity index (χ0v) is 25.1. The fourth-order valence-electron chi connectivity index (χ4n) is 9.16. The van der Waals surface area contributed by atoms with E-state index < -0.39 is 36.2 Å². The van der Waals surface area contributed by atoms with Crippen LogP contribution in [-0.2, 0) is 20.8 Å². The number of carboxylic acids is 1. The Hall–Kier alpha value is -3.37. The van der Waals surface area contributed by atoms with Crippen molar-refractivity contribution in [1.29, 1.82) is 0 Å². The van der Waals surface area contributed by atoms with Crippen LogP contribution in [0.5, 0.6) is 5.75 Å². The minimum atomic E-state index is -1.18. The molecular weight excluding hydrogens is 550 g/mol. The number of aliphatic carboxylic acids is 1. The molecule has 4 aliphatic rings. The minimum absolute atomic E-state index is 0.0370. The number of fused-ring (bicyclic) bond motifs is 6. The molecule has 8 atom stereocenters. The van der Waals surface area contributed by atoms with Gasteiger partial charge in [0.15, 0.2) is 6.61 Å². The zero-order chi connectivity index (χ0) is 30.7. The summed E-state index contributed by atoms with van der Waals surface area (Å²) in [7, 11) is 0. The first-order chi connectivity index (χ1) is 20.3. The van der Waals surface area contributed by atoms with Gasteiger partial charge in [0.05, 0.1) is 17.4 Å². The molecule has 2 aromatic rings. The number of carboxylic acid groups (broad SMARTS) is 1. The van der Waals surface area contributed by atoms with Crippen LogP contribution in [0.4, 0.5) is 0 Å². The summed E-state index contributed by atoms with van der Waals surface area (Å²) in [5.74, 6) is -0.767. The smallest absolute Gasteiger partial charge is 0.326 e. The molecule has 6 rings (SSSR count). The largest absolute Gasteiger partial charge is 0.508 e. The van der Waals surface area contributed by atoms with Gasteiger partial charge in [0.2, 0.25) is 0 Å². The predicted octanol–water partition coefficient (Wildman–Crippen LogP) is 4.04. The van der Waals surface area contributed by atoms with Gasteiger partial charge in [-0.05, 0) is 105 Å². The Labute approximate surface area is 251 Å². The lowest BCUT2D eigenvalue weighted by atomic mass is 9.45. The van der Waals surface area contributed by atoms with Crippen molar-refractivity contribution in [2.45, 2.75) is 89.9 Å². The van der Waals surface area contributed by atoms with Gasteiger partial charge in [0, 0.05) is 28.9 Å². The molecule has 43 heavy (non-hydrogen) atoms. The van der Waals surface area contributed by atoms with Crippen LogP contribution in [0.2, 0.25) is 0 Å². The Morgan fingerprint density at radius 2 is 1.98 bits per heavy atom. The fourth-order valence-corrected chi connectivity index (χ4v) is 9.16. The molecule has 1 aromatic carbocycles. The number of benzene rings is 1. The van der Waals surface area contributed by atoms with Crippen molar-refractivity contribution < 1.29 is 34.9 Å². The number of aliphatic hydroxyl groups is 2. The number of oxime groups is 1. The van der Waals surface area contributed by atoms with E-state index in [4.69, 9.17) is 4.84 Å². The van der Waals surface area contributed by atoms with Gasteiger partial charge < -0.3 is 35.6 Å². The van der Waals surface area contributed by atoms with E-state index in [1.807, 2.05) is 6.92 Å². The highest BCUT2D eigenvalue weighted by Gasteiger charge is 2.64. The third kappa shape index (κ3) is 5.02. The van der Waals surface area contributed by atoms with Gasteiger partial charge in [-0.15, -0.1) is 0 Å². The maximum atomic E-state index is 12.6. The van der Waals surface area contributed by atoms with Crippen molar-refractivity contribution in [3.8, 4) is 5.75 Å². The number of rotatable bonds is 7. The Kier molecular flexibility index (Phi) is 7.36. The van der Waals surface area contributed by atoms with E-state index in [-0.39, 0.29) is 28.9 Å². The van der Waals surface area contributed by atoms with E-state index in [2.05, 4.69) is 35.4 Å². The highest BCUT2D eigenvalue weighted by atomic mass is 16.6. The molecule has 1 heterocycles. The molecule has 0 unspecified atom stereocenters. The summed E-state index contributed by atoms with van der Waals surface area (Å²) in [4.78, 5) is 32.9. The molecule has 6 N–H and O–H groups in total. The Morgan fingerprint density at radius 1 is 1.19 bits per heavy atom. The van der Waals surface area contributed by atoms with Gasteiger partial charge in [-0.3, -0.25) is 4.79 Å². The minimum Gasteiger partial charge on any atom is -0.508 e. The summed E-state index contributed by atoms with van der Waals surface area (Å²) in [5.41, 5.74) is 2.26. The number of hydrogen-bond acceptors (Lipinski definition) is 7. The molecule has 0 radical (unpaired) electrons.